The van der Waals surface area contributed by atoms with Crippen LogP contribution in [0.5, 0.6) is 0 Å². The molecule has 0 aliphatic carbocycles. The fourth-order valence-electron chi connectivity index (χ4n) is 3.28. The molecule has 2 saturated heterocycles. The Morgan fingerprint density at radius 2 is 1.64 bits per heavy atom. The fourth-order valence-corrected chi connectivity index (χ4v) is 3.28. The quantitative estimate of drug-likeness (QED) is 0.831. The second-order valence-electron chi connectivity index (χ2n) is 7.97. The number of morpholine rings is 1. The molecule has 1 unspecified atom stereocenters. The summed E-state index contributed by atoms with van der Waals surface area (Å²) in [5.74, 6) is 0. The third kappa shape index (κ3) is 3.05. The Bertz CT molecular complexity index is 644. The predicted molar refractivity (Wildman–Crippen MR) is 95.1 cm³/mol. The lowest BCUT2D eigenvalue weighted by Gasteiger charge is -2.43. The van der Waals surface area contributed by atoms with Crippen molar-refractivity contribution in [1.29, 1.82) is 0 Å². The highest BCUT2D eigenvalue weighted by Crippen LogP contribution is 2.37. The molecule has 25 heavy (non-hydrogen) atoms. The van der Waals surface area contributed by atoms with Crippen molar-refractivity contribution in [2.24, 2.45) is 0 Å². The molecule has 6 nitrogen and oxygen atoms in total. The van der Waals surface area contributed by atoms with Gasteiger partial charge in [-0.15, -0.1) is 0 Å². The zero-order valence-electron chi connectivity index (χ0n) is 15.5. The zero-order chi connectivity index (χ0) is 18.5. The molecule has 1 amide bonds. The molecule has 0 radical (unpaired) electrons. The molecule has 1 aromatic carbocycles. The van der Waals surface area contributed by atoms with Crippen LogP contribution in [0.3, 0.4) is 0 Å². The fraction of sp³-hybridized carbons (Fsp3) is 0.611. The van der Waals surface area contributed by atoms with Crippen LogP contribution in [-0.4, -0.2) is 54.2 Å². The maximum absolute atomic E-state index is 11.6. The van der Waals surface area contributed by atoms with Gasteiger partial charge in [-0.3, -0.25) is 4.90 Å². The molecule has 0 spiro atoms. The number of rotatable bonds is 2. The number of hydrogen-bond acceptors (Lipinski definition) is 4. The van der Waals surface area contributed by atoms with E-state index in [2.05, 4.69) is 0 Å². The number of carbonyl (C=O) groups is 1. The first-order chi connectivity index (χ1) is 11.6. The zero-order valence-corrected chi connectivity index (χ0v) is 15.5. The van der Waals surface area contributed by atoms with Crippen LogP contribution in [0.25, 0.3) is 0 Å². The minimum absolute atomic E-state index is 0.342. The average Bonchev–Trinajstić information content (AvgIpc) is 2.76. The highest BCUT2D eigenvalue weighted by Gasteiger charge is 2.51. The average molecular weight is 347 g/mol. The van der Waals surface area contributed by atoms with Gasteiger partial charge in [-0.1, -0.05) is 24.3 Å². The van der Waals surface area contributed by atoms with E-state index in [-0.39, 0.29) is 11.2 Å². The van der Waals surface area contributed by atoms with Crippen molar-refractivity contribution in [2.75, 3.05) is 19.8 Å². The Balaban J connectivity index is 1.84. The molecule has 2 heterocycles. The molecular weight excluding hydrogens is 321 g/mol. The van der Waals surface area contributed by atoms with Gasteiger partial charge in [-0.05, 0) is 45.6 Å². The second-order valence-corrected chi connectivity index (χ2v) is 7.97. The maximum atomic E-state index is 11.6. The van der Waals surface area contributed by atoms with Crippen molar-refractivity contribution < 1.29 is 23.9 Å². The van der Waals surface area contributed by atoms with Crippen LogP contribution in [0, 0.1) is 0 Å². The summed E-state index contributed by atoms with van der Waals surface area (Å²) < 4.78 is 17.7. The molecule has 0 aromatic heterocycles. The Morgan fingerprint density at radius 3 is 2.16 bits per heavy atom. The number of nitrogens with zero attached hydrogens (tertiary/aromatic N) is 1. The van der Waals surface area contributed by atoms with E-state index in [0.717, 1.165) is 11.0 Å². The first-order valence-electron chi connectivity index (χ1n) is 8.61. The molecule has 136 valence electrons. The first kappa shape index (κ1) is 18.2. The van der Waals surface area contributed by atoms with Crippen LogP contribution >= 0.6 is 0 Å². The minimum atomic E-state index is -0.930. The van der Waals surface area contributed by atoms with Crippen molar-refractivity contribution in [2.45, 2.75) is 51.4 Å². The van der Waals surface area contributed by atoms with Gasteiger partial charge in [0.15, 0.2) is 0 Å². The van der Waals surface area contributed by atoms with Gasteiger partial charge in [-0.2, -0.15) is 0 Å². The van der Waals surface area contributed by atoms with Crippen LogP contribution < -0.4 is 5.46 Å². The maximum Gasteiger partial charge on any atom is 0.494 e. The highest BCUT2D eigenvalue weighted by atomic mass is 16.7. The number of carboxylic acid groups (broad SMARTS) is 1. The smallest absolute Gasteiger partial charge is 0.465 e. The molecule has 0 bridgehead atoms. The van der Waals surface area contributed by atoms with E-state index >= 15 is 0 Å². The number of hydrogen-bond donors (Lipinski definition) is 1. The van der Waals surface area contributed by atoms with Gasteiger partial charge in [0.25, 0.3) is 0 Å². The summed E-state index contributed by atoms with van der Waals surface area (Å²) in [6.07, 6.45) is -0.930. The SMILES string of the molecule is CC1(c2ccc(B3OC(C)(C)C(C)(C)O3)cc2)COCCN1C(=O)O. The second kappa shape index (κ2) is 6.00. The first-order valence-corrected chi connectivity index (χ1v) is 8.61. The topological polar surface area (TPSA) is 68.2 Å². The van der Waals surface area contributed by atoms with E-state index in [0.29, 0.717) is 19.8 Å². The molecule has 2 aliphatic heterocycles. The largest absolute Gasteiger partial charge is 0.494 e. The number of amides is 1. The Morgan fingerprint density at radius 1 is 1.08 bits per heavy atom. The minimum Gasteiger partial charge on any atom is -0.465 e. The summed E-state index contributed by atoms with van der Waals surface area (Å²) in [4.78, 5) is 13.0. The Kier molecular flexibility index (Phi) is 4.38. The normalized spacial score (nSPS) is 28.2. The number of benzene rings is 1. The van der Waals surface area contributed by atoms with Gasteiger partial charge in [0.05, 0.1) is 30.0 Å². The van der Waals surface area contributed by atoms with Crippen LogP contribution in [-0.2, 0) is 19.6 Å². The molecule has 2 fully saturated rings. The van der Waals surface area contributed by atoms with E-state index < -0.39 is 18.8 Å². The van der Waals surface area contributed by atoms with Gasteiger partial charge in [0.1, 0.15) is 0 Å². The van der Waals surface area contributed by atoms with Crippen molar-refractivity contribution in [1.82, 2.24) is 4.90 Å². The predicted octanol–water partition coefficient (Wildman–Crippen LogP) is 2.21. The van der Waals surface area contributed by atoms with Gasteiger partial charge in [0.2, 0.25) is 0 Å². The lowest BCUT2D eigenvalue weighted by atomic mass is 9.77. The van der Waals surface area contributed by atoms with E-state index in [1.54, 1.807) is 0 Å². The summed E-state index contributed by atoms with van der Waals surface area (Å²) in [5.41, 5.74) is 0.345. The third-order valence-corrected chi connectivity index (χ3v) is 5.73. The van der Waals surface area contributed by atoms with Crippen molar-refractivity contribution in [3.05, 3.63) is 29.8 Å². The van der Waals surface area contributed by atoms with Gasteiger partial charge in [-0.25, -0.2) is 4.79 Å². The summed E-state index contributed by atoms with van der Waals surface area (Å²) in [6.45, 7) is 11.1. The number of ether oxygens (including phenoxy) is 1. The summed E-state index contributed by atoms with van der Waals surface area (Å²) in [6, 6.07) is 7.75. The molecule has 7 heteroatoms. The van der Waals surface area contributed by atoms with Crippen molar-refractivity contribution in [3.63, 3.8) is 0 Å². The summed E-state index contributed by atoms with van der Waals surface area (Å²) in [7, 11) is -0.426. The standard InChI is InChI=1S/C18H26BNO5/c1-16(2)17(3,4)25-19(24-16)14-8-6-13(7-9-14)18(5)12-23-11-10-20(18)15(21)22/h6-9H,10-12H2,1-5H3,(H,21,22). The molecule has 1 N–H and O–H groups in total. The lowest BCUT2D eigenvalue weighted by molar-refractivity contribution is -0.0505. The Hall–Kier alpha value is -1.57. The molecule has 0 saturated carbocycles. The molecule has 1 aromatic rings. The molecular formula is C18H26BNO5. The highest BCUT2D eigenvalue weighted by molar-refractivity contribution is 6.62. The molecule has 2 aliphatic rings. The van der Waals surface area contributed by atoms with Gasteiger partial charge in [0, 0.05) is 6.54 Å². The van der Waals surface area contributed by atoms with E-state index in [4.69, 9.17) is 14.0 Å². The van der Waals surface area contributed by atoms with E-state index in [1.165, 1.54) is 4.90 Å². The van der Waals surface area contributed by atoms with Crippen LogP contribution in [0.1, 0.15) is 40.2 Å². The summed E-state index contributed by atoms with van der Waals surface area (Å²) >= 11 is 0. The van der Waals surface area contributed by atoms with Crippen LogP contribution in [0.4, 0.5) is 4.79 Å². The van der Waals surface area contributed by atoms with Crippen molar-refractivity contribution >= 4 is 18.7 Å². The third-order valence-electron chi connectivity index (χ3n) is 5.73. The van der Waals surface area contributed by atoms with Crippen molar-refractivity contribution in [3.8, 4) is 0 Å². The van der Waals surface area contributed by atoms with Crippen LogP contribution in [0.15, 0.2) is 24.3 Å². The van der Waals surface area contributed by atoms with Gasteiger partial charge < -0.3 is 19.2 Å². The summed E-state index contributed by atoms with van der Waals surface area (Å²) in [5, 5.41) is 9.51. The molecule has 3 rings (SSSR count). The van der Waals surface area contributed by atoms with Gasteiger partial charge >= 0.3 is 13.2 Å². The monoisotopic (exact) mass is 347 g/mol. The van der Waals surface area contributed by atoms with E-state index in [1.807, 2.05) is 58.9 Å². The molecule has 1 atom stereocenters. The lowest BCUT2D eigenvalue weighted by Crippen LogP contribution is -2.54. The van der Waals surface area contributed by atoms with Crippen LogP contribution in [0.2, 0.25) is 0 Å². The Labute approximate surface area is 149 Å². The van der Waals surface area contributed by atoms with E-state index in [9.17, 15) is 9.90 Å².